The maximum absolute atomic E-state index is 12.5. The topological polar surface area (TPSA) is 80.2 Å². The number of likely N-dealkylation sites (tertiary alicyclic amines) is 1. The van der Waals surface area contributed by atoms with Gasteiger partial charge >= 0.3 is 0 Å². The number of hydrazone groups is 1. The van der Waals surface area contributed by atoms with E-state index in [1.54, 1.807) is 30.3 Å². The van der Waals surface area contributed by atoms with Crippen LogP contribution in [0.1, 0.15) is 44.1 Å². The maximum atomic E-state index is 12.5. The molecule has 7 nitrogen and oxygen atoms in total. The van der Waals surface area contributed by atoms with Gasteiger partial charge in [-0.2, -0.15) is 13.5 Å². The second-order valence-corrected chi connectivity index (χ2v) is 10.7. The van der Waals surface area contributed by atoms with Crippen LogP contribution in [0.3, 0.4) is 0 Å². The fourth-order valence-electron chi connectivity index (χ4n) is 5.44. The zero-order chi connectivity index (χ0) is 22.8. The first-order chi connectivity index (χ1) is 16.0. The average Bonchev–Trinajstić information content (AvgIpc) is 3.32. The van der Waals surface area contributed by atoms with Crippen LogP contribution < -0.4 is 4.83 Å². The van der Waals surface area contributed by atoms with Gasteiger partial charge in [-0.3, -0.25) is 4.90 Å². The first-order valence-corrected chi connectivity index (χ1v) is 13.2. The molecule has 8 heteroatoms. The molecule has 0 bridgehead atoms. The first-order valence-electron chi connectivity index (χ1n) is 11.7. The van der Waals surface area contributed by atoms with E-state index in [1.165, 1.54) is 5.56 Å². The Balaban J connectivity index is 1.31. The molecule has 5 rings (SSSR count). The van der Waals surface area contributed by atoms with Gasteiger partial charge in [-0.1, -0.05) is 48.5 Å². The number of nitrogens with zero attached hydrogens (tertiary/aromatic N) is 2. The number of piperidine rings is 1. The van der Waals surface area contributed by atoms with Crippen molar-refractivity contribution in [2.24, 2.45) is 5.10 Å². The molecule has 176 valence electrons. The van der Waals surface area contributed by atoms with Crippen molar-refractivity contribution >= 4 is 15.7 Å². The average molecular weight is 470 g/mol. The van der Waals surface area contributed by atoms with Crippen molar-refractivity contribution in [2.75, 3.05) is 26.3 Å². The number of rotatable bonds is 5. The third kappa shape index (κ3) is 4.57. The summed E-state index contributed by atoms with van der Waals surface area (Å²) in [5, 5.41) is 4.31. The molecule has 2 aliphatic heterocycles. The summed E-state index contributed by atoms with van der Waals surface area (Å²) in [6, 6.07) is 19.0. The van der Waals surface area contributed by atoms with Crippen LogP contribution in [0.15, 0.2) is 70.7 Å². The van der Waals surface area contributed by atoms with Gasteiger partial charge in [0, 0.05) is 37.2 Å². The highest BCUT2D eigenvalue weighted by Gasteiger charge is 2.47. The largest absolute Gasteiger partial charge is 0.347 e. The van der Waals surface area contributed by atoms with Crippen molar-refractivity contribution in [3.8, 4) is 0 Å². The highest BCUT2D eigenvalue weighted by atomic mass is 32.2. The standard InChI is InChI=1S/C25H31N3O4S/c29-33(30,23-9-5-2-6-10-23)27-26-22-11-13-24(14-12-22,21-7-3-1-4-8-21)28-17-15-25(16-18-28)31-19-20-32-25/h1-10,27H,11-20H2. The number of nitrogens with one attached hydrogen (secondary N) is 1. The van der Waals surface area contributed by atoms with Crippen LogP contribution in [-0.2, 0) is 25.0 Å². The molecular formula is C25H31N3O4S. The van der Waals surface area contributed by atoms with Gasteiger partial charge in [-0.25, -0.2) is 4.83 Å². The minimum atomic E-state index is -3.65. The van der Waals surface area contributed by atoms with E-state index in [-0.39, 0.29) is 10.4 Å². The Morgan fingerprint density at radius 3 is 2.00 bits per heavy atom. The Morgan fingerprint density at radius 1 is 0.818 bits per heavy atom. The van der Waals surface area contributed by atoms with Gasteiger partial charge in [0.2, 0.25) is 0 Å². The quantitative estimate of drug-likeness (QED) is 0.677. The molecule has 33 heavy (non-hydrogen) atoms. The highest BCUT2D eigenvalue weighted by Crippen LogP contribution is 2.45. The monoisotopic (exact) mass is 469 g/mol. The van der Waals surface area contributed by atoms with Crippen molar-refractivity contribution in [1.29, 1.82) is 0 Å². The van der Waals surface area contributed by atoms with Crippen LogP contribution in [0.5, 0.6) is 0 Å². The van der Waals surface area contributed by atoms with Crippen molar-refractivity contribution in [2.45, 2.75) is 54.7 Å². The molecule has 1 saturated carbocycles. The predicted molar refractivity (Wildman–Crippen MR) is 126 cm³/mol. The lowest BCUT2D eigenvalue weighted by molar-refractivity contribution is -0.194. The molecule has 0 amide bonds. The minimum absolute atomic E-state index is 0.0845. The van der Waals surface area contributed by atoms with Gasteiger partial charge in [-0.05, 0) is 43.4 Å². The van der Waals surface area contributed by atoms with Crippen LogP contribution in [-0.4, -0.2) is 51.1 Å². The summed E-state index contributed by atoms with van der Waals surface area (Å²) >= 11 is 0. The molecule has 1 N–H and O–H groups in total. The summed E-state index contributed by atoms with van der Waals surface area (Å²) < 4.78 is 37.0. The van der Waals surface area contributed by atoms with Crippen LogP contribution >= 0.6 is 0 Å². The van der Waals surface area contributed by atoms with Gasteiger partial charge in [-0.15, -0.1) is 0 Å². The van der Waals surface area contributed by atoms with Gasteiger partial charge in [0.05, 0.1) is 18.1 Å². The molecule has 0 unspecified atom stereocenters. The zero-order valence-electron chi connectivity index (χ0n) is 18.8. The van der Waals surface area contributed by atoms with E-state index >= 15 is 0 Å². The van der Waals surface area contributed by atoms with Gasteiger partial charge < -0.3 is 9.47 Å². The second kappa shape index (κ2) is 9.18. The molecule has 3 fully saturated rings. The highest BCUT2D eigenvalue weighted by molar-refractivity contribution is 7.89. The SMILES string of the molecule is O=S(=O)(NN=C1CCC(c2ccccc2)(N2CCC3(CC2)OCCO3)CC1)c1ccccc1. The molecule has 0 atom stereocenters. The summed E-state index contributed by atoms with van der Waals surface area (Å²) in [5.41, 5.74) is 2.13. The fourth-order valence-corrected chi connectivity index (χ4v) is 6.31. The lowest BCUT2D eigenvalue weighted by atomic mass is 9.73. The number of hydrogen-bond acceptors (Lipinski definition) is 6. The van der Waals surface area contributed by atoms with E-state index in [0.717, 1.165) is 57.3 Å². The van der Waals surface area contributed by atoms with Crippen LogP contribution in [0.4, 0.5) is 0 Å². The number of ether oxygens (including phenoxy) is 2. The summed E-state index contributed by atoms with van der Waals surface area (Å²) in [4.78, 5) is 5.25. The Bertz CT molecular complexity index is 1060. The summed E-state index contributed by atoms with van der Waals surface area (Å²) in [5.74, 6) is -0.397. The molecular weight excluding hydrogens is 438 g/mol. The van der Waals surface area contributed by atoms with E-state index in [1.807, 2.05) is 0 Å². The van der Waals surface area contributed by atoms with Crippen LogP contribution in [0.2, 0.25) is 0 Å². The Hall–Kier alpha value is -2.26. The van der Waals surface area contributed by atoms with Crippen LogP contribution in [0, 0.1) is 0 Å². The predicted octanol–water partition coefficient (Wildman–Crippen LogP) is 3.63. The molecule has 0 aromatic heterocycles. The lowest BCUT2D eigenvalue weighted by Gasteiger charge is -2.51. The van der Waals surface area contributed by atoms with Crippen molar-refractivity contribution in [1.82, 2.24) is 9.73 Å². The molecule has 1 spiro atoms. The molecule has 1 aliphatic carbocycles. The number of benzene rings is 2. The third-order valence-corrected chi connectivity index (χ3v) is 8.51. The molecule has 2 aromatic carbocycles. The summed E-state index contributed by atoms with van der Waals surface area (Å²) in [6.45, 7) is 3.20. The Kier molecular flexibility index (Phi) is 6.26. The molecule has 2 saturated heterocycles. The van der Waals surface area contributed by atoms with Gasteiger partial charge in [0.15, 0.2) is 5.79 Å². The normalized spacial score (nSPS) is 25.8. The summed E-state index contributed by atoms with van der Waals surface area (Å²) in [7, 11) is -3.65. The molecule has 2 heterocycles. The molecule has 2 aromatic rings. The van der Waals surface area contributed by atoms with Crippen molar-refractivity contribution in [3.05, 3.63) is 66.2 Å². The molecule has 3 aliphatic rings. The third-order valence-electron chi connectivity index (χ3n) is 7.29. The smallest absolute Gasteiger partial charge is 0.276 e. The lowest BCUT2D eigenvalue weighted by Crippen LogP contribution is -2.55. The maximum Gasteiger partial charge on any atom is 0.276 e. The summed E-state index contributed by atoms with van der Waals surface area (Å²) in [6.07, 6.45) is 5.05. The van der Waals surface area contributed by atoms with Crippen molar-refractivity contribution in [3.63, 3.8) is 0 Å². The Labute approximate surface area is 195 Å². The van der Waals surface area contributed by atoms with Gasteiger partial charge in [0.1, 0.15) is 0 Å². The van der Waals surface area contributed by atoms with Crippen molar-refractivity contribution < 1.29 is 17.9 Å². The second-order valence-electron chi connectivity index (χ2n) is 9.08. The number of sulfonamides is 1. The van der Waals surface area contributed by atoms with E-state index in [9.17, 15) is 8.42 Å². The minimum Gasteiger partial charge on any atom is -0.347 e. The fraction of sp³-hybridized carbons (Fsp3) is 0.480. The van der Waals surface area contributed by atoms with E-state index in [2.05, 4.69) is 45.2 Å². The van der Waals surface area contributed by atoms with E-state index in [0.29, 0.717) is 13.2 Å². The number of hydrogen-bond donors (Lipinski definition) is 1. The first kappa shape index (κ1) is 22.5. The molecule has 0 radical (unpaired) electrons. The Morgan fingerprint density at radius 2 is 1.39 bits per heavy atom. The van der Waals surface area contributed by atoms with E-state index < -0.39 is 15.8 Å². The van der Waals surface area contributed by atoms with Crippen LogP contribution in [0.25, 0.3) is 0 Å². The zero-order valence-corrected chi connectivity index (χ0v) is 19.6. The van der Waals surface area contributed by atoms with Gasteiger partial charge in [0.25, 0.3) is 10.0 Å². The van der Waals surface area contributed by atoms with E-state index in [4.69, 9.17) is 9.47 Å².